The molecule has 0 spiro atoms. The van der Waals surface area contributed by atoms with Gasteiger partial charge in [0.15, 0.2) is 11.5 Å². The maximum Gasteiger partial charge on any atom is 0.161 e. The molecule has 1 aromatic rings. The lowest BCUT2D eigenvalue weighted by atomic mass is 10.3. The van der Waals surface area contributed by atoms with E-state index in [1.54, 1.807) is 0 Å². The zero-order valence-corrected chi connectivity index (χ0v) is 8.96. The predicted molar refractivity (Wildman–Crippen MR) is 52.2 cm³/mol. The minimum absolute atomic E-state index is 0. The summed E-state index contributed by atoms with van der Waals surface area (Å²) >= 11 is 0. The highest BCUT2D eigenvalue weighted by Gasteiger charge is 2.01. The van der Waals surface area contributed by atoms with Crippen LogP contribution in [0, 0.1) is 0 Å². The highest BCUT2D eigenvalue weighted by molar-refractivity contribution is 5.39. The molecule has 2 N–H and O–H groups in total. The van der Waals surface area contributed by atoms with Crippen molar-refractivity contribution in [3.63, 3.8) is 0 Å². The Balaban J connectivity index is 0.00000169. The number of halogens is 1. The van der Waals surface area contributed by atoms with Gasteiger partial charge in [0.05, 0.1) is 6.61 Å². The lowest BCUT2D eigenvalue weighted by Gasteiger charge is -2.10. The van der Waals surface area contributed by atoms with Crippen LogP contribution in [0.25, 0.3) is 0 Å². The Morgan fingerprint density at radius 3 is 2.21 bits per heavy atom. The van der Waals surface area contributed by atoms with E-state index >= 15 is 0 Å². The van der Waals surface area contributed by atoms with Gasteiger partial charge in [0, 0.05) is 6.54 Å². The van der Waals surface area contributed by atoms with Crippen LogP contribution in [0.1, 0.15) is 6.92 Å². The molecule has 0 unspecified atom stereocenters. The van der Waals surface area contributed by atoms with Crippen LogP contribution in [-0.2, 0) is 0 Å². The second-order valence-electron chi connectivity index (χ2n) is 2.52. The molecule has 0 bridgehead atoms. The zero-order valence-electron chi connectivity index (χ0n) is 8.20. The maximum atomic E-state index is 5.39. The van der Waals surface area contributed by atoms with Crippen LogP contribution in [0.2, 0.25) is 0 Å². The van der Waals surface area contributed by atoms with Crippen LogP contribution in [-0.4, -0.2) is 19.8 Å². The van der Waals surface area contributed by atoms with Crippen LogP contribution in [0.3, 0.4) is 0 Å². The minimum atomic E-state index is 0. The van der Waals surface area contributed by atoms with Crippen LogP contribution < -0.4 is 27.6 Å². The SMILES string of the molecule is CCOc1ccccc1OCCN.[Cl-]. The second-order valence-corrected chi connectivity index (χ2v) is 2.52. The summed E-state index contributed by atoms with van der Waals surface area (Å²) in [6.45, 7) is 3.62. The molecule has 4 heteroatoms. The molecule has 0 aliphatic carbocycles. The van der Waals surface area contributed by atoms with Crippen LogP contribution >= 0.6 is 0 Å². The van der Waals surface area contributed by atoms with Crippen molar-refractivity contribution < 1.29 is 21.9 Å². The smallest absolute Gasteiger partial charge is 0.161 e. The van der Waals surface area contributed by atoms with Gasteiger partial charge in [0.25, 0.3) is 0 Å². The fraction of sp³-hybridized carbons (Fsp3) is 0.400. The Hall–Kier alpha value is -0.930. The van der Waals surface area contributed by atoms with E-state index in [1.165, 1.54) is 0 Å². The molecule has 1 aromatic carbocycles. The summed E-state index contributed by atoms with van der Waals surface area (Å²) in [5.41, 5.74) is 5.33. The molecule has 14 heavy (non-hydrogen) atoms. The van der Waals surface area contributed by atoms with Crippen molar-refractivity contribution in [2.45, 2.75) is 6.92 Å². The summed E-state index contributed by atoms with van der Waals surface area (Å²) in [6, 6.07) is 7.59. The molecule has 80 valence electrons. The number of benzene rings is 1. The van der Waals surface area contributed by atoms with Crippen molar-refractivity contribution in [3.05, 3.63) is 24.3 Å². The average molecular weight is 217 g/mol. The molecule has 0 saturated heterocycles. The molecular formula is C10H15ClNO2-. The molecule has 1 rings (SSSR count). The largest absolute Gasteiger partial charge is 1.00 e. The van der Waals surface area contributed by atoms with Crippen molar-refractivity contribution in [1.82, 2.24) is 0 Å². The molecule has 0 aliphatic heterocycles. The van der Waals surface area contributed by atoms with E-state index in [0.717, 1.165) is 11.5 Å². The number of nitrogens with two attached hydrogens (primary N) is 1. The average Bonchev–Trinajstić information content (AvgIpc) is 2.17. The number of hydrogen-bond donors (Lipinski definition) is 1. The van der Waals surface area contributed by atoms with Crippen molar-refractivity contribution in [1.29, 1.82) is 0 Å². The van der Waals surface area contributed by atoms with Gasteiger partial charge in [-0.2, -0.15) is 0 Å². The van der Waals surface area contributed by atoms with Gasteiger partial charge < -0.3 is 27.6 Å². The lowest BCUT2D eigenvalue weighted by Crippen LogP contribution is -3.00. The van der Waals surface area contributed by atoms with Gasteiger partial charge in [-0.25, -0.2) is 0 Å². The van der Waals surface area contributed by atoms with Crippen LogP contribution in [0.4, 0.5) is 0 Å². The Morgan fingerprint density at radius 1 is 1.14 bits per heavy atom. The first-order valence-corrected chi connectivity index (χ1v) is 4.43. The molecule has 3 nitrogen and oxygen atoms in total. The van der Waals surface area contributed by atoms with Gasteiger partial charge in [-0.3, -0.25) is 0 Å². The molecule has 0 saturated carbocycles. The van der Waals surface area contributed by atoms with Gasteiger partial charge >= 0.3 is 0 Å². The van der Waals surface area contributed by atoms with E-state index in [0.29, 0.717) is 19.8 Å². The van der Waals surface area contributed by atoms with Crippen LogP contribution in [0.15, 0.2) is 24.3 Å². The predicted octanol–water partition coefficient (Wildman–Crippen LogP) is -1.57. The van der Waals surface area contributed by atoms with Gasteiger partial charge in [0.1, 0.15) is 6.61 Å². The quantitative estimate of drug-likeness (QED) is 0.647. The molecule has 0 fully saturated rings. The summed E-state index contributed by atoms with van der Waals surface area (Å²) in [5, 5.41) is 0. The highest BCUT2D eigenvalue weighted by atomic mass is 35.5. The monoisotopic (exact) mass is 216 g/mol. The molecule has 0 heterocycles. The van der Waals surface area contributed by atoms with Gasteiger partial charge in [0.2, 0.25) is 0 Å². The lowest BCUT2D eigenvalue weighted by molar-refractivity contribution is -0.00000360. The molecule has 0 radical (unpaired) electrons. The topological polar surface area (TPSA) is 44.5 Å². The molecule has 0 atom stereocenters. The number of hydrogen-bond acceptors (Lipinski definition) is 3. The van der Waals surface area contributed by atoms with Gasteiger partial charge in [-0.15, -0.1) is 0 Å². The summed E-state index contributed by atoms with van der Waals surface area (Å²) in [4.78, 5) is 0. The van der Waals surface area contributed by atoms with Gasteiger partial charge in [-0.05, 0) is 19.1 Å². The number of ether oxygens (including phenoxy) is 2. The molecule has 0 amide bonds. The first-order valence-electron chi connectivity index (χ1n) is 4.43. The van der Waals surface area contributed by atoms with E-state index in [1.807, 2.05) is 31.2 Å². The fourth-order valence-corrected chi connectivity index (χ4v) is 1.01. The Labute approximate surface area is 90.6 Å². The van der Waals surface area contributed by atoms with Crippen molar-refractivity contribution >= 4 is 0 Å². The third kappa shape index (κ3) is 3.85. The van der Waals surface area contributed by atoms with E-state index in [2.05, 4.69) is 0 Å². The van der Waals surface area contributed by atoms with E-state index in [4.69, 9.17) is 15.2 Å². The molecule has 0 aliphatic rings. The number of rotatable bonds is 5. The number of para-hydroxylation sites is 2. The first kappa shape index (κ1) is 13.1. The van der Waals surface area contributed by atoms with E-state index in [-0.39, 0.29) is 12.4 Å². The third-order valence-corrected chi connectivity index (χ3v) is 1.52. The van der Waals surface area contributed by atoms with E-state index in [9.17, 15) is 0 Å². The zero-order chi connectivity index (χ0) is 9.52. The van der Waals surface area contributed by atoms with Gasteiger partial charge in [-0.1, -0.05) is 12.1 Å². The standard InChI is InChI=1S/C10H15NO2.ClH/c1-2-12-9-5-3-4-6-10(9)13-8-7-11;/h3-6H,2,7-8,11H2,1H3;1H/p-1. The molecule has 0 aromatic heterocycles. The second kappa shape index (κ2) is 7.47. The fourth-order valence-electron chi connectivity index (χ4n) is 1.01. The Kier molecular flexibility index (Phi) is 6.98. The van der Waals surface area contributed by atoms with Crippen molar-refractivity contribution in [3.8, 4) is 11.5 Å². The summed E-state index contributed by atoms with van der Waals surface area (Å²) in [5.74, 6) is 1.54. The van der Waals surface area contributed by atoms with Crippen molar-refractivity contribution in [2.75, 3.05) is 19.8 Å². The Morgan fingerprint density at radius 2 is 1.71 bits per heavy atom. The first-order chi connectivity index (χ1) is 6.38. The summed E-state index contributed by atoms with van der Waals surface area (Å²) in [7, 11) is 0. The maximum absolute atomic E-state index is 5.39. The van der Waals surface area contributed by atoms with Crippen LogP contribution in [0.5, 0.6) is 11.5 Å². The van der Waals surface area contributed by atoms with E-state index < -0.39 is 0 Å². The Bertz CT molecular complexity index is 256. The highest BCUT2D eigenvalue weighted by Crippen LogP contribution is 2.25. The normalized spacial score (nSPS) is 9.00. The summed E-state index contributed by atoms with van der Waals surface area (Å²) < 4.78 is 10.8. The molecular weight excluding hydrogens is 202 g/mol. The summed E-state index contributed by atoms with van der Waals surface area (Å²) in [6.07, 6.45) is 0. The van der Waals surface area contributed by atoms with Crippen molar-refractivity contribution in [2.24, 2.45) is 5.73 Å². The third-order valence-electron chi connectivity index (χ3n) is 1.52. The minimum Gasteiger partial charge on any atom is -1.00 e.